The number of amidine groups is 2. The Labute approximate surface area is 265 Å². The van der Waals surface area contributed by atoms with Gasteiger partial charge in [0.15, 0.2) is 0 Å². The Morgan fingerprint density at radius 2 is 0.951 bits per heavy atom. The number of hydrogen-bond donors (Lipinski definition) is 2. The van der Waals surface area contributed by atoms with E-state index in [1.54, 1.807) is 12.4 Å². The van der Waals surface area contributed by atoms with E-state index < -0.39 is 0 Å². The zero-order chi connectivity index (χ0) is 28.7. The first kappa shape index (κ1) is 33.3. The van der Waals surface area contributed by atoms with E-state index in [1.165, 1.54) is 11.1 Å². The van der Waals surface area contributed by atoms with Crippen molar-refractivity contribution >= 4 is 78.2 Å². The molecule has 4 aromatic rings. The summed E-state index contributed by atoms with van der Waals surface area (Å²) in [6.45, 7) is 7.79. The molecule has 41 heavy (non-hydrogen) atoms. The SMILES string of the molecule is C/C(=N\NC([S-])=Nc1ccc(C)cc1)c1ccccn1.C/C(=N\NC([S-])=Nc1ccc(C)cc1)c1ccccn1.[Ga+3]. The molecule has 0 spiro atoms. The van der Waals surface area contributed by atoms with Gasteiger partial charge in [0.05, 0.1) is 34.2 Å². The number of rotatable bonds is 6. The van der Waals surface area contributed by atoms with Crippen molar-refractivity contribution in [2.75, 3.05) is 0 Å². The molecule has 204 valence electrons. The van der Waals surface area contributed by atoms with Crippen LogP contribution < -0.4 is 10.9 Å². The third-order valence-corrected chi connectivity index (χ3v) is 5.60. The summed E-state index contributed by atoms with van der Waals surface area (Å²) in [4.78, 5) is 16.9. The molecule has 0 radical (unpaired) electrons. The Morgan fingerprint density at radius 1 is 0.585 bits per heavy atom. The summed E-state index contributed by atoms with van der Waals surface area (Å²) in [7, 11) is 0. The first-order valence-corrected chi connectivity index (χ1v) is 13.2. The molecular weight excluding hydrogens is 606 g/mol. The van der Waals surface area contributed by atoms with Crippen LogP contribution in [0.1, 0.15) is 36.4 Å². The van der Waals surface area contributed by atoms with Gasteiger partial charge in [-0.1, -0.05) is 47.5 Å². The third kappa shape index (κ3) is 12.4. The maximum atomic E-state index is 5.13. The second-order valence-electron chi connectivity index (χ2n) is 8.55. The quantitative estimate of drug-likeness (QED) is 0.0955. The van der Waals surface area contributed by atoms with Crippen molar-refractivity contribution < 1.29 is 0 Å². The minimum atomic E-state index is 0. The minimum absolute atomic E-state index is 0. The van der Waals surface area contributed by atoms with Crippen molar-refractivity contribution in [1.82, 2.24) is 20.8 Å². The van der Waals surface area contributed by atoms with Gasteiger partial charge in [0, 0.05) is 22.7 Å². The van der Waals surface area contributed by atoms with Gasteiger partial charge in [-0.3, -0.25) is 30.8 Å². The number of aromatic nitrogens is 2. The van der Waals surface area contributed by atoms with Crippen molar-refractivity contribution in [2.24, 2.45) is 20.2 Å². The zero-order valence-electron chi connectivity index (χ0n) is 23.3. The third-order valence-electron chi connectivity index (χ3n) is 5.24. The van der Waals surface area contributed by atoms with Gasteiger partial charge in [0.1, 0.15) is 0 Å². The van der Waals surface area contributed by atoms with E-state index >= 15 is 0 Å². The summed E-state index contributed by atoms with van der Waals surface area (Å²) in [5, 5.41) is 9.00. The van der Waals surface area contributed by atoms with Gasteiger partial charge >= 0.3 is 19.8 Å². The van der Waals surface area contributed by atoms with Gasteiger partial charge < -0.3 is 25.3 Å². The molecule has 0 saturated carbocycles. The summed E-state index contributed by atoms with van der Waals surface area (Å²) in [5.74, 6) is 0. The molecule has 0 fully saturated rings. The number of hydrazone groups is 2. The Hall–Kier alpha value is -3.90. The van der Waals surface area contributed by atoms with Crippen LogP contribution in [0.25, 0.3) is 0 Å². The predicted molar refractivity (Wildman–Crippen MR) is 176 cm³/mol. The van der Waals surface area contributed by atoms with E-state index in [0.717, 1.165) is 34.2 Å². The Bertz CT molecular complexity index is 1360. The number of aliphatic imine (C=N–C) groups is 2. The fourth-order valence-corrected chi connectivity index (χ4v) is 3.36. The number of nitrogens with one attached hydrogen (secondary N) is 2. The molecule has 0 unspecified atom stereocenters. The Morgan fingerprint density at radius 3 is 1.27 bits per heavy atom. The fraction of sp³-hybridized carbons (Fsp3) is 0.133. The molecular formula is C30H30GaN8S2+. The standard InChI is InChI=1S/2C15H16N4S.Ga/c2*1-11-6-8-13(9-7-11)17-15(20)19-18-12(2)14-5-3-4-10-16-14;/h2*3-10H,1-2H3,(H2,17,19,20);/q;;+3/p-2/b2*18-12+;. The second-order valence-corrected chi connectivity index (χ2v) is 9.33. The number of pyridine rings is 2. The zero-order valence-corrected chi connectivity index (χ0v) is 27.4. The average molecular weight is 636 g/mol. The number of hydrogen-bond acceptors (Lipinski definition) is 8. The first-order valence-electron chi connectivity index (χ1n) is 12.4. The Balaban J connectivity index is 0.000000280. The van der Waals surface area contributed by atoms with Crippen LogP contribution in [0, 0.1) is 13.8 Å². The maximum Gasteiger partial charge on any atom is 3.00 e. The molecule has 0 amide bonds. The molecule has 2 aromatic carbocycles. The van der Waals surface area contributed by atoms with Crippen LogP contribution in [0.4, 0.5) is 11.4 Å². The van der Waals surface area contributed by atoms with Gasteiger partial charge in [-0.15, -0.1) is 0 Å². The van der Waals surface area contributed by atoms with Crippen LogP contribution >= 0.6 is 0 Å². The van der Waals surface area contributed by atoms with Crippen LogP contribution in [-0.2, 0) is 25.3 Å². The molecule has 0 aliphatic heterocycles. The van der Waals surface area contributed by atoms with Gasteiger partial charge in [-0.05, 0) is 76.2 Å². The van der Waals surface area contributed by atoms with E-state index in [0.29, 0.717) is 10.3 Å². The molecule has 8 nitrogen and oxygen atoms in total. The van der Waals surface area contributed by atoms with Crippen molar-refractivity contribution in [2.45, 2.75) is 27.7 Å². The molecule has 2 aromatic heterocycles. The topological polar surface area (TPSA) is 99.3 Å². The van der Waals surface area contributed by atoms with Gasteiger partial charge in [0.2, 0.25) is 0 Å². The summed E-state index contributed by atoms with van der Waals surface area (Å²) < 4.78 is 0. The van der Waals surface area contributed by atoms with E-state index in [2.05, 4.69) is 41.0 Å². The first-order chi connectivity index (χ1) is 19.3. The van der Waals surface area contributed by atoms with E-state index in [4.69, 9.17) is 25.3 Å². The summed E-state index contributed by atoms with van der Waals surface area (Å²) in [5.41, 5.74) is 12.6. The van der Waals surface area contributed by atoms with Crippen LogP contribution in [0.15, 0.2) is 118 Å². The molecule has 0 bridgehead atoms. The van der Waals surface area contributed by atoms with Crippen molar-refractivity contribution in [1.29, 1.82) is 0 Å². The van der Waals surface area contributed by atoms with Crippen LogP contribution in [0.5, 0.6) is 0 Å². The minimum Gasteiger partial charge on any atom is -0.741 e. The average Bonchev–Trinajstić information content (AvgIpc) is 2.98. The Kier molecular flexibility index (Phi) is 14.4. The van der Waals surface area contributed by atoms with Crippen LogP contribution in [0.2, 0.25) is 0 Å². The van der Waals surface area contributed by atoms with E-state index in [9.17, 15) is 0 Å². The van der Waals surface area contributed by atoms with Gasteiger partial charge in [-0.2, -0.15) is 10.2 Å². The molecule has 4 rings (SSSR count). The van der Waals surface area contributed by atoms with Crippen LogP contribution in [0.3, 0.4) is 0 Å². The predicted octanol–water partition coefficient (Wildman–Crippen LogP) is 5.50. The molecule has 0 aliphatic carbocycles. The number of aryl methyl sites for hydroxylation is 2. The molecule has 11 heteroatoms. The van der Waals surface area contributed by atoms with E-state index in [-0.39, 0.29) is 19.8 Å². The molecule has 2 heterocycles. The second kappa shape index (κ2) is 17.7. The normalized spacial score (nSPS) is 12.0. The summed E-state index contributed by atoms with van der Waals surface area (Å²) in [6.07, 6.45) is 3.45. The smallest absolute Gasteiger partial charge is 0.741 e. The maximum absolute atomic E-state index is 5.13. The van der Waals surface area contributed by atoms with Crippen molar-refractivity contribution in [3.63, 3.8) is 0 Å². The van der Waals surface area contributed by atoms with Crippen molar-refractivity contribution in [3.8, 4) is 0 Å². The molecule has 0 saturated heterocycles. The number of benzene rings is 2. The molecule has 2 N–H and O–H groups in total. The summed E-state index contributed by atoms with van der Waals surface area (Å²) >= 11 is 10.3. The van der Waals surface area contributed by atoms with Gasteiger partial charge in [0.25, 0.3) is 0 Å². The van der Waals surface area contributed by atoms with Gasteiger partial charge in [-0.25, -0.2) is 0 Å². The summed E-state index contributed by atoms with van der Waals surface area (Å²) in [6, 6.07) is 27.0. The van der Waals surface area contributed by atoms with Crippen molar-refractivity contribution in [3.05, 3.63) is 120 Å². The van der Waals surface area contributed by atoms with Crippen LogP contribution in [-0.4, -0.2) is 51.5 Å². The van der Waals surface area contributed by atoms with E-state index in [1.807, 2.05) is 113 Å². The molecule has 0 atom stereocenters. The largest absolute Gasteiger partial charge is 3.00 e. The monoisotopic (exact) mass is 635 g/mol. The molecule has 0 aliphatic rings. The fourth-order valence-electron chi connectivity index (χ4n) is 3.05. The number of nitrogens with zero attached hydrogens (tertiary/aromatic N) is 6.